The molecule has 0 saturated heterocycles. The molecule has 0 aliphatic heterocycles. The lowest BCUT2D eigenvalue weighted by atomic mass is 10.5. The molecule has 4 N–H and O–H groups in total. The Morgan fingerprint density at radius 1 is 1.17 bits per heavy atom. The van der Waals surface area contributed by atoms with Crippen LogP contribution in [0.4, 0.5) is 11.9 Å². The molecule has 0 amide bonds. The summed E-state index contributed by atoms with van der Waals surface area (Å²) in [5.74, 6) is 0.317. The topological polar surface area (TPSA) is 118 Å². The summed E-state index contributed by atoms with van der Waals surface area (Å²) in [6.45, 7) is 4.13. The Morgan fingerprint density at radius 2 is 1.78 bits per heavy atom. The minimum Gasteiger partial charge on any atom is -0.461 e. The second kappa shape index (κ2) is 6.92. The third kappa shape index (κ3) is 4.30. The maximum absolute atomic E-state index is 8.95. The van der Waals surface area contributed by atoms with Gasteiger partial charge in [-0.2, -0.15) is 15.0 Å². The van der Waals surface area contributed by atoms with Crippen molar-refractivity contribution in [3.8, 4) is 6.01 Å². The molecular formula is C10H19N5O3. The predicted molar refractivity (Wildman–Crippen MR) is 66.4 cm³/mol. The van der Waals surface area contributed by atoms with Crippen molar-refractivity contribution in [1.82, 2.24) is 15.0 Å². The van der Waals surface area contributed by atoms with Gasteiger partial charge in [0.05, 0.1) is 19.3 Å². The number of hydrogen-bond acceptors (Lipinski definition) is 8. The van der Waals surface area contributed by atoms with Gasteiger partial charge in [-0.15, -0.1) is 0 Å². The molecule has 0 atom stereocenters. The van der Waals surface area contributed by atoms with Gasteiger partial charge < -0.3 is 25.6 Å². The smallest absolute Gasteiger partial charge is 0.323 e. The third-order valence-corrected chi connectivity index (χ3v) is 1.98. The van der Waals surface area contributed by atoms with Gasteiger partial charge in [0.15, 0.2) is 0 Å². The first-order valence-electron chi connectivity index (χ1n) is 5.71. The van der Waals surface area contributed by atoms with Gasteiger partial charge in [0.1, 0.15) is 0 Å². The van der Waals surface area contributed by atoms with Gasteiger partial charge in [-0.3, -0.25) is 0 Å². The van der Waals surface area contributed by atoms with Crippen LogP contribution >= 0.6 is 0 Å². The van der Waals surface area contributed by atoms with Crippen molar-refractivity contribution in [2.24, 2.45) is 0 Å². The number of aliphatic hydroxyl groups excluding tert-OH is 2. The third-order valence-electron chi connectivity index (χ3n) is 1.98. The van der Waals surface area contributed by atoms with E-state index >= 15 is 0 Å². The highest BCUT2D eigenvalue weighted by molar-refractivity contribution is 5.35. The molecule has 18 heavy (non-hydrogen) atoms. The molecule has 0 aliphatic carbocycles. The Kier molecular flexibility index (Phi) is 5.53. The van der Waals surface area contributed by atoms with Crippen LogP contribution in [0.5, 0.6) is 6.01 Å². The Hall–Kier alpha value is -1.67. The fraction of sp³-hybridized carbons (Fsp3) is 0.700. The highest BCUT2D eigenvalue weighted by Crippen LogP contribution is 2.14. The van der Waals surface area contributed by atoms with Gasteiger partial charge in [0, 0.05) is 13.1 Å². The van der Waals surface area contributed by atoms with E-state index in [1.807, 2.05) is 13.8 Å². The number of aliphatic hydroxyl groups is 2. The second-order valence-corrected chi connectivity index (χ2v) is 3.88. The molecule has 1 aromatic rings. The van der Waals surface area contributed by atoms with Crippen LogP contribution in [0, 0.1) is 0 Å². The molecule has 0 saturated carbocycles. The zero-order valence-corrected chi connectivity index (χ0v) is 10.6. The molecule has 0 unspecified atom stereocenters. The van der Waals surface area contributed by atoms with Crippen molar-refractivity contribution in [2.75, 3.05) is 36.9 Å². The first-order chi connectivity index (χ1) is 8.56. The fourth-order valence-corrected chi connectivity index (χ4v) is 1.32. The summed E-state index contributed by atoms with van der Waals surface area (Å²) in [6.07, 6.45) is -0.0798. The lowest BCUT2D eigenvalue weighted by Crippen LogP contribution is -2.31. The van der Waals surface area contributed by atoms with E-state index in [1.165, 1.54) is 0 Å². The minimum absolute atomic E-state index is 0.0385. The molecule has 8 nitrogen and oxygen atoms in total. The van der Waals surface area contributed by atoms with E-state index in [-0.39, 0.29) is 37.2 Å². The van der Waals surface area contributed by atoms with Crippen LogP contribution in [0.3, 0.4) is 0 Å². The molecule has 0 spiro atoms. The standard InChI is InChI=1S/C10H19N5O3/c1-7(2)18-10-13-8(11)12-9(14-10)15(3-5-16)4-6-17/h7,16-17H,3-6H2,1-2H3,(H2,11,12,13,14). The zero-order chi connectivity index (χ0) is 13.5. The number of aromatic nitrogens is 3. The maximum atomic E-state index is 8.95. The van der Waals surface area contributed by atoms with Crippen LogP contribution in [-0.4, -0.2) is 57.6 Å². The summed E-state index contributed by atoms with van der Waals surface area (Å²) in [5.41, 5.74) is 5.57. The second-order valence-electron chi connectivity index (χ2n) is 3.88. The van der Waals surface area contributed by atoms with Crippen molar-refractivity contribution in [1.29, 1.82) is 0 Å². The SMILES string of the molecule is CC(C)Oc1nc(N)nc(N(CCO)CCO)n1. The normalized spacial score (nSPS) is 10.7. The summed E-state index contributed by atoms with van der Waals surface area (Å²) in [4.78, 5) is 13.5. The quantitative estimate of drug-likeness (QED) is 0.571. The van der Waals surface area contributed by atoms with Crippen molar-refractivity contribution in [3.63, 3.8) is 0 Å². The largest absolute Gasteiger partial charge is 0.461 e. The monoisotopic (exact) mass is 257 g/mol. The molecule has 102 valence electrons. The van der Waals surface area contributed by atoms with Crippen LogP contribution in [0.25, 0.3) is 0 Å². The zero-order valence-electron chi connectivity index (χ0n) is 10.6. The molecule has 1 aromatic heterocycles. The minimum atomic E-state index is -0.0798. The molecule has 0 aromatic carbocycles. The lowest BCUT2D eigenvalue weighted by Gasteiger charge is -2.21. The number of anilines is 2. The number of rotatable bonds is 7. The summed E-state index contributed by atoms with van der Waals surface area (Å²) >= 11 is 0. The molecule has 1 rings (SSSR count). The maximum Gasteiger partial charge on any atom is 0.323 e. The molecular weight excluding hydrogens is 238 g/mol. The van der Waals surface area contributed by atoms with Crippen molar-refractivity contribution in [2.45, 2.75) is 20.0 Å². The first kappa shape index (κ1) is 14.4. The highest BCUT2D eigenvalue weighted by Gasteiger charge is 2.13. The van der Waals surface area contributed by atoms with Crippen molar-refractivity contribution < 1.29 is 14.9 Å². The lowest BCUT2D eigenvalue weighted by molar-refractivity contribution is 0.221. The van der Waals surface area contributed by atoms with E-state index in [9.17, 15) is 0 Å². The molecule has 0 radical (unpaired) electrons. The highest BCUT2D eigenvalue weighted by atomic mass is 16.5. The van der Waals surface area contributed by atoms with Crippen LogP contribution < -0.4 is 15.4 Å². The van der Waals surface area contributed by atoms with Crippen molar-refractivity contribution in [3.05, 3.63) is 0 Å². The average Bonchev–Trinajstić information content (AvgIpc) is 2.27. The van der Waals surface area contributed by atoms with E-state index in [2.05, 4.69) is 15.0 Å². The molecule has 1 heterocycles. The van der Waals surface area contributed by atoms with E-state index in [0.29, 0.717) is 13.1 Å². The molecule has 0 fully saturated rings. The van der Waals surface area contributed by atoms with E-state index in [0.717, 1.165) is 0 Å². The number of nitrogens with two attached hydrogens (primary N) is 1. The van der Waals surface area contributed by atoms with E-state index in [4.69, 9.17) is 20.7 Å². The summed E-state index contributed by atoms with van der Waals surface area (Å²) in [7, 11) is 0. The number of nitrogen functional groups attached to an aromatic ring is 1. The molecule has 8 heteroatoms. The Morgan fingerprint density at radius 3 is 2.28 bits per heavy atom. The van der Waals surface area contributed by atoms with Gasteiger partial charge in [0.2, 0.25) is 11.9 Å². The number of hydrogen-bond donors (Lipinski definition) is 3. The van der Waals surface area contributed by atoms with Crippen LogP contribution in [0.2, 0.25) is 0 Å². The Bertz CT molecular complexity index is 369. The van der Waals surface area contributed by atoms with E-state index < -0.39 is 0 Å². The van der Waals surface area contributed by atoms with Gasteiger partial charge >= 0.3 is 6.01 Å². The van der Waals surface area contributed by atoms with Gasteiger partial charge in [-0.25, -0.2) is 0 Å². The van der Waals surface area contributed by atoms with E-state index in [1.54, 1.807) is 4.90 Å². The molecule has 0 aliphatic rings. The Labute approximate surface area is 105 Å². The first-order valence-corrected chi connectivity index (χ1v) is 5.71. The summed E-state index contributed by atoms with van der Waals surface area (Å²) in [5, 5.41) is 17.9. The Balaban J connectivity index is 2.94. The summed E-state index contributed by atoms with van der Waals surface area (Å²) < 4.78 is 5.35. The van der Waals surface area contributed by atoms with Crippen LogP contribution in [0.1, 0.15) is 13.8 Å². The van der Waals surface area contributed by atoms with Crippen molar-refractivity contribution >= 4 is 11.9 Å². The van der Waals surface area contributed by atoms with Gasteiger partial charge in [-0.05, 0) is 13.8 Å². The number of ether oxygens (including phenoxy) is 1. The van der Waals surface area contributed by atoms with Crippen LogP contribution in [0.15, 0.2) is 0 Å². The van der Waals surface area contributed by atoms with Crippen LogP contribution in [-0.2, 0) is 0 Å². The fourth-order valence-electron chi connectivity index (χ4n) is 1.32. The number of nitrogens with zero attached hydrogens (tertiary/aromatic N) is 4. The average molecular weight is 257 g/mol. The molecule has 0 bridgehead atoms. The predicted octanol–water partition coefficient (Wildman–Crippen LogP) is -0.968. The van der Waals surface area contributed by atoms with Gasteiger partial charge in [0.25, 0.3) is 0 Å². The summed E-state index contributed by atoms with van der Waals surface area (Å²) in [6, 6.07) is 0.133. The van der Waals surface area contributed by atoms with Gasteiger partial charge in [-0.1, -0.05) is 0 Å².